The van der Waals surface area contributed by atoms with Crippen molar-refractivity contribution in [3.8, 4) is 0 Å². The molecule has 0 aromatic heterocycles. The van der Waals surface area contributed by atoms with Gasteiger partial charge in [-0.2, -0.15) is 0 Å². The minimum Gasteiger partial charge on any atom is -0.349 e. The van der Waals surface area contributed by atoms with Crippen LogP contribution in [0.5, 0.6) is 0 Å². The molecule has 2 N–H and O–H groups in total. The SMILES string of the molecule is CNC1CCC(NC(=O)c2cc(C)cc(Cl)c2)CC1. The molecule has 1 saturated carbocycles. The number of rotatable bonds is 3. The van der Waals surface area contributed by atoms with Gasteiger partial charge in [-0.3, -0.25) is 4.79 Å². The van der Waals surface area contributed by atoms with Crippen LogP contribution in [0.25, 0.3) is 0 Å². The van der Waals surface area contributed by atoms with Crippen LogP contribution in [0.3, 0.4) is 0 Å². The molecule has 4 heteroatoms. The Kier molecular flexibility index (Phi) is 4.83. The first-order valence-electron chi connectivity index (χ1n) is 6.84. The number of hydrogen-bond donors (Lipinski definition) is 2. The number of nitrogens with one attached hydrogen (secondary N) is 2. The molecule has 104 valence electrons. The predicted octanol–water partition coefficient (Wildman–Crippen LogP) is 2.91. The minimum absolute atomic E-state index is 0.0153. The molecule has 0 unspecified atom stereocenters. The van der Waals surface area contributed by atoms with E-state index in [4.69, 9.17) is 11.6 Å². The number of halogens is 1. The van der Waals surface area contributed by atoms with Gasteiger partial charge >= 0.3 is 0 Å². The molecule has 1 amide bonds. The molecule has 0 saturated heterocycles. The molecule has 0 atom stereocenters. The van der Waals surface area contributed by atoms with E-state index in [0.717, 1.165) is 31.2 Å². The highest BCUT2D eigenvalue weighted by atomic mass is 35.5. The van der Waals surface area contributed by atoms with Crippen LogP contribution in [-0.4, -0.2) is 25.0 Å². The summed E-state index contributed by atoms with van der Waals surface area (Å²) in [6, 6.07) is 6.35. The van der Waals surface area contributed by atoms with Gasteiger partial charge in [0.25, 0.3) is 5.91 Å². The molecule has 19 heavy (non-hydrogen) atoms. The lowest BCUT2D eigenvalue weighted by molar-refractivity contribution is 0.0924. The van der Waals surface area contributed by atoms with Crippen LogP contribution in [-0.2, 0) is 0 Å². The van der Waals surface area contributed by atoms with Gasteiger partial charge in [-0.25, -0.2) is 0 Å². The van der Waals surface area contributed by atoms with Crippen molar-refractivity contribution in [2.75, 3.05) is 7.05 Å². The average Bonchev–Trinajstić information content (AvgIpc) is 2.38. The molecule has 0 aliphatic heterocycles. The van der Waals surface area contributed by atoms with Crippen molar-refractivity contribution in [1.29, 1.82) is 0 Å². The summed E-state index contributed by atoms with van der Waals surface area (Å²) in [6.45, 7) is 1.95. The van der Waals surface area contributed by atoms with Crippen LogP contribution in [0, 0.1) is 6.92 Å². The summed E-state index contributed by atoms with van der Waals surface area (Å²) in [6.07, 6.45) is 4.32. The van der Waals surface area contributed by atoms with Gasteiger partial charge in [0.1, 0.15) is 0 Å². The van der Waals surface area contributed by atoms with Crippen molar-refractivity contribution in [1.82, 2.24) is 10.6 Å². The Morgan fingerprint density at radius 3 is 2.37 bits per heavy atom. The second kappa shape index (κ2) is 6.40. The quantitative estimate of drug-likeness (QED) is 0.894. The van der Waals surface area contributed by atoms with Gasteiger partial charge in [0.05, 0.1) is 0 Å². The third-order valence-corrected chi connectivity index (χ3v) is 3.99. The molecule has 0 bridgehead atoms. The highest BCUT2D eigenvalue weighted by molar-refractivity contribution is 6.31. The van der Waals surface area contributed by atoms with Crippen molar-refractivity contribution >= 4 is 17.5 Å². The van der Waals surface area contributed by atoms with E-state index >= 15 is 0 Å². The summed E-state index contributed by atoms with van der Waals surface area (Å²) in [5, 5.41) is 7.02. The predicted molar refractivity (Wildman–Crippen MR) is 78.8 cm³/mol. The summed E-state index contributed by atoms with van der Waals surface area (Å²) >= 11 is 5.99. The van der Waals surface area contributed by atoms with E-state index in [-0.39, 0.29) is 11.9 Å². The lowest BCUT2D eigenvalue weighted by atomic mass is 9.91. The molecule has 1 aliphatic carbocycles. The van der Waals surface area contributed by atoms with Gasteiger partial charge in [0, 0.05) is 22.7 Å². The van der Waals surface area contributed by atoms with Crippen LogP contribution >= 0.6 is 11.6 Å². The highest BCUT2D eigenvalue weighted by Crippen LogP contribution is 2.19. The molecule has 1 aliphatic rings. The van der Waals surface area contributed by atoms with Crippen molar-refractivity contribution in [3.63, 3.8) is 0 Å². The standard InChI is InChI=1S/C15H21ClN2O/c1-10-7-11(9-12(16)8-10)15(19)18-14-5-3-13(17-2)4-6-14/h7-9,13-14,17H,3-6H2,1-2H3,(H,18,19). The molecule has 1 fully saturated rings. The van der Waals surface area contributed by atoms with Crippen LogP contribution in [0.15, 0.2) is 18.2 Å². The van der Waals surface area contributed by atoms with Gasteiger partial charge < -0.3 is 10.6 Å². The fourth-order valence-electron chi connectivity index (χ4n) is 2.66. The Bertz CT molecular complexity index is 433. The van der Waals surface area contributed by atoms with E-state index in [1.807, 2.05) is 26.1 Å². The third kappa shape index (κ3) is 3.95. The zero-order valence-corrected chi connectivity index (χ0v) is 12.3. The summed E-state index contributed by atoms with van der Waals surface area (Å²) < 4.78 is 0. The van der Waals surface area contributed by atoms with Crippen LogP contribution in [0.2, 0.25) is 5.02 Å². The van der Waals surface area contributed by atoms with E-state index in [0.29, 0.717) is 16.6 Å². The second-order valence-electron chi connectivity index (χ2n) is 5.33. The van der Waals surface area contributed by atoms with E-state index in [1.165, 1.54) is 0 Å². The molecule has 3 nitrogen and oxygen atoms in total. The fourth-order valence-corrected chi connectivity index (χ4v) is 2.95. The summed E-state index contributed by atoms with van der Waals surface area (Å²) in [4.78, 5) is 12.2. The summed E-state index contributed by atoms with van der Waals surface area (Å²) in [5.41, 5.74) is 1.66. The van der Waals surface area contributed by atoms with E-state index in [9.17, 15) is 4.79 Å². The van der Waals surface area contributed by atoms with Gasteiger partial charge in [0.15, 0.2) is 0 Å². The molecular formula is C15H21ClN2O. The molecular weight excluding hydrogens is 260 g/mol. The zero-order valence-electron chi connectivity index (χ0n) is 11.5. The largest absolute Gasteiger partial charge is 0.349 e. The molecule has 0 spiro atoms. The maximum absolute atomic E-state index is 12.2. The van der Waals surface area contributed by atoms with Crippen molar-refractivity contribution in [2.24, 2.45) is 0 Å². The Morgan fingerprint density at radius 2 is 1.79 bits per heavy atom. The Hall–Kier alpha value is -1.06. The van der Waals surface area contributed by atoms with Gasteiger partial charge in [-0.1, -0.05) is 11.6 Å². The lowest BCUT2D eigenvalue weighted by Crippen LogP contribution is -2.41. The second-order valence-corrected chi connectivity index (χ2v) is 5.76. The monoisotopic (exact) mass is 280 g/mol. The highest BCUT2D eigenvalue weighted by Gasteiger charge is 2.21. The number of hydrogen-bond acceptors (Lipinski definition) is 2. The van der Waals surface area contributed by atoms with Gasteiger partial charge in [-0.05, 0) is 63.4 Å². The van der Waals surface area contributed by atoms with Crippen LogP contribution in [0.1, 0.15) is 41.6 Å². The molecule has 2 rings (SSSR count). The third-order valence-electron chi connectivity index (χ3n) is 3.77. The Morgan fingerprint density at radius 1 is 1.16 bits per heavy atom. The molecule has 1 aromatic rings. The van der Waals surface area contributed by atoms with Crippen LogP contribution in [0.4, 0.5) is 0 Å². The lowest BCUT2D eigenvalue weighted by Gasteiger charge is -2.28. The summed E-state index contributed by atoms with van der Waals surface area (Å²) in [5.74, 6) is -0.0153. The Balaban J connectivity index is 1.94. The normalized spacial score (nSPS) is 23.1. The first-order valence-corrected chi connectivity index (χ1v) is 7.21. The number of aryl methyl sites for hydroxylation is 1. The van der Waals surface area contributed by atoms with Crippen molar-refractivity contribution in [3.05, 3.63) is 34.3 Å². The topological polar surface area (TPSA) is 41.1 Å². The molecule has 0 radical (unpaired) electrons. The maximum Gasteiger partial charge on any atom is 0.251 e. The Labute approximate surface area is 119 Å². The minimum atomic E-state index is -0.0153. The van der Waals surface area contributed by atoms with Crippen molar-refractivity contribution < 1.29 is 4.79 Å². The number of amides is 1. The van der Waals surface area contributed by atoms with Gasteiger partial charge in [-0.15, -0.1) is 0 Å². The van der Waals surface area contributed by atoms with E-state index < -0.39 is 0 Å². The zero-order chi connectivity index (χ0) is 13.8. The number of carbonyl (C=O) groups is 1. The average molecular weight is 281 g/mol. The molecule has 0 heterocycles. The number of carbonyl (C=O) groups excluding carboxylic acids is 1. The molecule has 1 aromatic carbocycles. The van der Waals surface area contributed by atoms with Crippen molar-refractivity contribution in [2.45, 2.75) is 44.7 Å². The first kappa shape index (κ1) is 14.4. The van der Waals surface area contributed by atoms with E-state index in [2.05, 4.69) is 10.6 Å². The summed E-state index contributed by atoms with van der Waals surface area (Å²) in [7, 11) is 2.00. The maximum atomic E-state index is 12.2. The first-order chi connectivity index (χ1) is 9.08. The van der Waals surface area contributed by atoms with Gasteiger partial charge in [0.2, 0.25) is 0 Å². The van der Waals surface area contributed by atoms with Crippen LogP contribution < -0.4 is 10.6 Å². The fraction of sp³-hybridized carbons (Fsp3) is 0.533. The smallest absolute Gasteiger partial charge is 0.251 e. The van der Waals surface area contributed by atoms with E-state index in [1.54, 1.807) is 6.07 Å². The number of benzene rings is 1.